The van der Waals surface area contributed by atoms with Crippen molar-refractivity contribution in [3.05, 3.63) is 53.9 Å². The molecule has 0 unspecified atom stereocenters. The summed E-state index contributed by atoms with van der Waals surface area (Å²) < 4.78 is 27.0. The number of carbonyl (C=O) groups is 1. The molecule has 1 fully saturated rings. The van der Waals surface area contributed by atoms with Crippen LogP contribution in [0.3, 0.4) is 0 Å². The zero-order valence-electron chi connectivity index (χ0n) is 15.7. The maximum atomic E-state index is 12.7. The number of amides is 1. The second kappa shape index (κ2) is 7.90. The van der Waals surface area contributed by atoms with Gasteiger partial charge >= 0.3 is 0 Å². The average Bonchev–Trinajstić information content (AvgIpc) is 3.20. The van der Waals surface area contributed by atoms with E-state index < -0.39 is 10.0 Å². The predicted octanol–water partition coefficient (Wildman–Crippen LogP) is 1.000. The lowest BCUT2D eigenvalue weighted by atomic mass is 10.1. The van der Waals surface area contributed by atoms with Gasteiger partial charge in [0, 0.05) is 37.3 Å². The maximum Gasteiger partial charge on any atom is 0.253 e. The molecule has 4 N–H and O–H groups in total. The Morgan fingerprint density at radius 2 is 1.93 bits per heavy atom. The number of H-pyrrole nitrogens is 1. The molecule has 0 bridgehead atoms. The highest BCUT2D eigenvalue weighted by atomic mass is 32.2. The molecule has 3 aromatic rings. The monoisotopic (exact) mass is 414 g/mol. The number of carbonyl (C=O) groups excluding carboxylic acids is 1. The number of piperidine rings is 1. The number of hydrogen-bond acceptors (Lipinski definition) is 6. The fourth-order valence-electron chi connectivity index (χ4n) is 3.29. The minimum atomic E-state index is -3.52. The fraction of sp³-hybridized carbons (Fsp3) is 0.316. The van der Waals surface area contributed by atoms with E-state index in [1.54, 1.807) is 36.5 Å². The van der Waals surface area contributed by atoms with E-state index in [0.29, 0.717) is 37.1 Å². The van der Waals surface area contributed by atoms with Crippen LogP contribution < -0.4 is 11.1 Å². The molecule has 29 heavy (non-hydrogen) atoms. The molecule has 0 atom stereocenters. The number of nitrogens with two attached hydrogens (primary N) is 1. The first-order valence-corrected chi connectivity index (χ1v) is 10.8. The van der Waals surface area contributed by atoms with E-state index in [-0.39, 0.29) is 23.4 Å². The number of sulfonamides is 1. The van der Waals surface area contributed by atoms with Gasteiger partial charge in [-0.1, -0.05) is 12.1 Å². The van der Waals surface area contributed by atoms with Crippen molar-refractivity contribution in [1.82, 2.24) is 24.8 Å². The third kappa shape index (κ3) is 4.14. The standard InChI is InChI=1S/C19H22N6O3S/c20-16-5-7-25(8-6-16)29(27,28)17-3-1-13(2-4-17)10-22-19(26)15-9-14-12-23-24-18(14)21-11-15/h1-4,9,11-12,16H,5-8,10,20H2,(H,22,26)(H,21,23,24). The van der Waals surface area contributed by atoms with Crippen LogP contribution >= 0.6 is 0 Å². The number of rotatable bonds is 5. The van der Waals surface area contributed by atoms with E-state index in [1.807, 2.05) is 0 Å². The van der Waals surface area contributed by atoms with E-state index in [4.69, 9.17) is 5.73 Å². The van der Waals surface area contributed by atoms with Crippen molar-refractivity contribution in [3.63, 3.8) is 0 Å². The van der Waals surface area contributed by atoms with Crippen molar-refractivity contribution < 1.29 is 13.2 Å². The lowest BCUT2D eigenvalue weighted by molar-refractivity contribution is 0.0950. The highest BCUT2D eigenvalue weighted by molar-refractivity contribution is 7.89. The van der Waals surface area contributed by atoms with Gasteiger partial charge < -0.3 is 11.1 Å². The molecule has 0 radical (unpaired) electrons. The van der Waals surface area contributed by atoms with Gasteiger partial charge in [-0.2, -0.15) is 9.40 Å². The van der Waals surface area contributed by atoms with Gasteiger partial charge in [-0.05, 0) is 36.6 Å². The van der Waals surface area contributed by atoms with Crippen LogP contribution in [0.5, 0.6) is 0 Å². The summed E-state index contributed by atoms with van der Waals surface area (Å²) in [7, 11) is -3.52. The number of benzene rings is 1. The second-order valence-corrected chi connectivity index (χ2v) is 9.04. The SMILES string of the molecule is NC1CCN(S(=O)(=O)c2ccc(CNC(=O)c3cnc4[nH]ncc4c3)cc2)CC1. The van der Waals surface area contributed by atoms with Gasteiger partial charge in [0.05, 0.1) is 16.7 Å². The Hall–Kier alpha value is -2.82. The van der Waals surface area contributed by atoms with Crippen molar-refractivity contribution in [3.8, 4) is 0 Å². The number of nitrogens with one attached hydrogen (secondary N) is 2. The van der Waals surface area contributed by atoms with Crippen LogP contribution in [0.2, 0.25) is 0 Å². The maximum absolute atomic E-state index is 12.7. The Bertz CT molecular complexity index is 1120. The van der Waals surface area contributed by atoms with Crippen molar-refractivity contribution >= 4 is 27.0 Å². The average molecular weight is 414 g/mol. The van der Waals surface area contributed by atoms with Gasteiger partial charge in [0.2, 0.25) is 10.0 Å². The molecule has 2 aromatic heterocycles. The lowest BCUT2D eigenvalue weighted by Gasteiger charge is -2.29. The Morgan fingerprint density at radius 1 is 1.21 bits per heavy atom. The molecule has 152 valence electrons. The number of hydrogen-bond donors (Lipinski definition) is 3. The van der Waals surface area contributed by atoms with Crippen LogP contribution in [0, 0.1) is 0 Å². The molecule has 1 amide bonds. The number of aromatic amines is 1. The molecule has 9 nitrogen and oxygen atoms in total. The van der Waals surface area contributed by atoms with Gasteiger partial charge in [0.25, 0.3) is 5.91 Å². The summed E-state index contributed by atoms with van der Waals surface area (Å²) in [6.07, 6.45) is 4.43. The summed E-state index contributed by atoms with van der Waals surface area (Å²) in [5.41, 5.74) is 7.71. The topological polar surface area (TPSA) is 134 Å². The van der Waals surface area contributed by atoms with Crippen molar-refractivity contribution in [2.75, 3.05) is 13.1 Å². The second-order valence-electron chi connectivity index (χ2n) is 7.10. The summed E-state index contributed by atoms with van der Waals surface area (Å²) >= 11 is 0. The summed E-state index contributed by atoms with van der Waals surface area (Å²) in [5.74, 6) is -0.262. The van der Waals surface area contributed by atoms with E-state index in [2.05, 4.69) is 20.5 Å². The van der Waals surface area contributed by atoms with Crippen LogP contribution in [0.25, 0.3) is 11.0 Å². The Balaban J connectivity index is 1.39. The van der Waals surface area contributed by atoms with Gasteiger partial charge in [0.15, 0.2) is 5.65 Å². The first kappa shape index (κ1) is 19.5. The molecule has 0 saturated carbocycles. The van der Waals surface area contributed by atoms with Crippen LogP contribution in [0.4, 0.5) is 0 Å². The fourth-order valence-corrected chi connectivity index (χ4v) is 4.76. The highest BCUT2D eigenvalue weighted by Gasteiger charge is 2.28. The molecule has 0 spiro atoms. The molecule has 1 aliphatic rings. The summed E-state index contributed by atoms with van der Waals surface area (Å²) in [5, 5.41) is 10.2. The highest BCUT2D eigenvalue weighted by Crippen LogP contribution is 2.20. The smallest absolute Gasteiger partial charge is 0.253 e. The largest absolute Gasteiger partial charge is 0.348 e. The van der Waals surface area contributed by atoms with Crippen LogP contribution in [0.15, 0.2) is 47.6 Å². The number of fused-ring (bicyclic) bond motifs is 1. The molecule has 10 heteroatoms. The summed E-state index contributed by atoms with van der Waals surface area (Å²) in [4.78, 5) is 16.7. The predicted molar refractivity (Wildman–Crippen MR) is 107 cm³/mol. The zero-order chi connectivity index (χ0) is 20.4. The first-order chi connectivity index (χ1) is 13.9. The van der Waals surface area contributed by atoms with Gasteiger partial charge in [-0.15, -0.1) is 0 Å². The first-order valence-electron chi connectivity index (χ1n) is 9.35. The summed E-state index contributed by atoms with van der Waals surface area (Å²) in [6.45, 7) is 1.16. The van der Waals surface area contributed by atoms with E-state index in [0.717, 1.165) is 10.9 Å². The van der Waals surface area contributed by atoms with E-state index >= 15 is 0 Å². The van der Waals surface area contributed by atoms with Gasteiger partial charge in [-0.25, -0.2) is 13.4 Å². The number of pyridine rings is 1. The number of aromatic nitrogens is 3. The lowest BCUT2D eigenvalue weighted by Crippen LogP contribution is -2.42. The Morgan fingerprint density at radius 3 is 2.66 bits per heavy atom. The molecule has 0 aliphatic carbocycles. The third-order valence-electron chi connectivity index (χ3n) is 5.07. The Labute approximate surface area is 168 Å². The van der Waals surface area contributed by atoms with Crippen molar-refractivity contribution in [2.45, 2.75) is 30.3 Å². The van der Waals surface area contributed by atoms with Crippen LogP contribution in [-0.4, -0.2) is 52.9 Å². The van der Waals surface area contributed by atoms with Crippen molar-refractivity contribution in [1.29, 1.82) is 0 Å². The number of nitrogens with zero attached hydrogens (tertiary/aromatic N) is 3. The van der Waals surface area contributed by atoms with Gasteiger partial charge in [-0.3, -0.25) is 9.89 Å². The van der Waals surface area contributed by atoms with E-state index in [9.17, 15) is 13.2 Å². The van der Waals surface area contributed by atoms with Crippen LogP contribution in [0.1, 0.15) is 28.8 Å². The van der Waals surface area contributed by atoms with Gasteiger partial charge in [0.1, 0.15) is 0 Å². The molecular weight excluding hydrogens is 392 g/mol. The zero-order valence-corrected chi connectivity index (χ0v) is 16.5. The minimum absolute atomic E-state index is 0.0665. The van der Waals surface area contributed by atoms with Crippen LogP contribution in [-0.2, 0) is 16.6 Å². The molecule has 4 rings (SSSR count). The third-order valence-corrected chi connectivity index (χ3v) is 6.98. The Kier molecular flexibility index (Phi) is 5.31. The molecule has 1 aromatic carbocycles. The minimum Gasteiger partial charge on any atom is -0.348 e. The molecule has 3 heterocycles. The molecule has 1 aliphatic heterocycles. The normalized spacial score (nSPS) is 16.2. The molecule has 1 saturated heterocycles. The quantitative estimate of drug-likeness (QED) is 0.570. The molecular formula is C19H22N6O3S. The van der Waals surface area contributed by atoms with E-state index in [1.165, 1.54) is 10.5 Å². The van der Waals surface area contributed by atoms with Crippen molar-refractivity contribution in [2.24, 2.45) is 5.73 Å². The summed E-state index contributed by atoms with van der Waals surface area (Å²) in [6, 6.07) is 8.34.